The molecule has 2 aliphatic heterocycles. The van der Waals surface area contributed by atoms with Crippen molar-refractivity contribution in [2.24, 2.45) is 5.41 Å². The predicted molar refractivity (Wildman–Crippen MR) is 131 cm³/mol. The highest BCUT2D eigenvalue weighted by molar-refractivity contribution is 5.87. The summed E-state index contributed by atoms with van der Waals surface area (Å²) in [6.07, 6.45) is 7.44. The average molecular weight is 442 g/mol. The Morgan fingerprint density at radius 2 is 1.81 bits per heavy atom. The van der Waals surface area contributed by atoms with Crippen molar-refractivity contribution >= 4 is 11.8 Å². The van der Waals surface area contributed by atoms with Gasteiger partial charge in [0, 0.05) is 14.9 Å². The molecule has 0 aromatic heterocycles. The minimum Gasteiger partial charge on any atom is -0.347 e. The molecule has 2 atom stereocenters. The molecule has 178 valence electrons. The SMILES string of the molecule is CC(=O)N1CCC[C@@H]1C(=O)N[C@H]1CCC2(CCN(CCC(C)(C)C)CC2)c2ccccc21.[HH]. The molecule has 0 unspecified atom stereocenters. The first kappa shape index (κ1) is 23.3. The van der Waals surface area contributed by atoms with Crippen LogP contribution in [-0.4, -0.2) is 53.8 Å². The summed E-state index contributed by atoms with van der Waals surface area (Å²) in [5, 5.41) is 3.33. The number of piperidine rings is 1. The van der Waals surface area contributed by atoms with E-state index in [1.807, 2.05) is 0 Å². The largest absolute Gasteiger partial charge is 0.347 e. The maximum atomic E-state index is 13.1. The number of amides is 2. The fourth-order valence-electron chi connectivity index (χ4n) is 6.05. The number of carbonyl (C=O) groups excluding carboxylic acids is 2. The smallest absolute Gasteiger partial charge is 0.243 e. The quantitative estimate of drug-likeness (QED) is 0.739. The molecule has 1 aromatic carbocycles. The zero-order valence-corrected chi connectivity index (χ0v) is 20.5. The first-order valence-corrected chi connectivity index (χ1v) is 12.6. The van der Waals surface area contributed by atoms with E-state index >= 15 is 0 Å². The molecule has 5 heteroatoms. The number of hydrogen-bond acceptors (Lipinski definition) is 3. The van der Waals surface area contributed by atoms with Crippen LogP contribution in [0.2, 0.25) is 0 Å². The van der Waals surface area contributed by atoms with E-state index in [4.69, 9.17) is 0 Å². The van der Waals surface area contributed by atoms with Crippen molar-refractivity contribution in [1.82, 2.24) is 15.1 Å². The van der Waals surface area contributed by atoms with Gasteiger partial charge < -0.3 is 15.1 Å². The molecule has 4 rings (SSSR count). The topological polar surface area (TPSA) is 52.7 Å². The molecular formula is C27H43N3O2. The van der Waals surface area contributed by atoms with Gasteiger partial charge in [-0.05, 0) is 86.5 Å². The van der Waals surface area contributed by atoms with Crippen LogP contribution in [0.3, 0.4) is 0 Å². The molecule has 0 bridgehead atoms. The van der Waals surface area contributed by atoms with Gasteiger partial charge in [-0.25, -0.2) is 0 Å². The third kappa shape index (κ3) is 4.88. The first-order valence-electron chi connectivity index (χ1n) is 12.6. The summed E-state index contributed by atoms with van der Waals surface area (Å²) in [5.41, 5.74) is 3.37. The van der Waals surface area contributed by atoms with Gasteiger partial charge >= 0.3 is 0 Å². The second kappa shape index (κ2) is 9.17. The van der Waals surface area contributed by atoms with Crippen molar-refractivity contribution in [2.75, 3.05) is 26.2 Å². The summed E-state index contributed by atoms with van der Waals surface area (Å²) in [5.74, 6) is 0.0225. The highest BCUT2D eigenvalue weighted by Crippen LogP contribution is 2.48. The van der Waals surface area contributed by atoms with Crippen LogP contribution < -0.4 is 5.32 Å². The summed E-state index contributed by atoms with van der Waals surface area (Å²) in [7, 11) is 0. The van der Waals surface area contributed by atoms with Gasteiger partial charge in [0.15, 0.2) is 0 Å². The molecular weight excluding hydrogens is 398 g/mol. The maximum Gasteiger partial charge on any atom is 0.243 e. The number of benzene rings is 1. The predicted octanol–water partition coefficient (Wildman–Crippen LogP) is 4.66. The number of rotatable bonds is 4. The first-order chi connectivity index (χ1) is 15.2. The molecule has 2 fully saturated rings. The lowest BCUT2D eigenvalue weighted by molar-refractivity contribution is -0.137. The monoisotopic (exact) mass is 441 g/mol. The normalized spacial score (nSPS) is 25.6. The van der Waals surface area contributed by atoms with Crippen LogP contribution in [-0.2, 0) is 15.0 Å². The molecule has 1 N–H and O–H groups in total. The van der Waals surface area contributed by atoms with Crippen molar-refractivity contribution in [2.45, 2.75) is 90.1 Å². The highest BCUT2D eigenvalue weighted by Gasteiger charge is 2.43. The highest BCUT2D eigenvalue weighted by atomic mass is 16.2. The van der Waals surface area contributed by atoms with Gasteiger partial charge in [0.05, 0.1) is 6.04 Å². The average Bonchev–Trinajstić information content (AvgIpc) is 3.26. The van der Waals surface area contributed by atoms with Crippen molar-refractivity contribution in [3.05, 3.63) is 35.4 Å². The molecule has 0 saturated carbocycles. The second-order valence-electron chi connectivity index (χ2n) is 11.5. The van der Waals surface area contributed by atoms with E-state index in [2.05, 4.69) is 55.3 Å². The Bertz CT molecular complexity index is 842. The molecule has 0 radical (unpaired) electrons. The van der Waals surface area contributed by atoms with Crippen LogP contribution in [0.5, 0.6) is 0 Å². The van der Waals surface area contributed by atoms with Crippen molar-refractivity contribution in [3.8, 4) is 0 Å². The van der Waals surface area contributed by atoms with Gasteiger partial charge in [-0.1, -0.05) is 45.0 Å². The molecule has 32 heavy (non-hydrogen) atoms. The standard InChI is InChI=1S/C27H41N3O2.H2/c1-20(31)30-16-7-10-24(30)25(32)28-23-11-12-27(22-9-6-5-8-21(22)23)14-18-29(19-15-27)17-13-26(2,3)4;/h5-6,8-9,23-24H,7,10-19H2,1-4H3,(H,28,32);1H/t23-,24+;/m0./s1. The van der Waals surface area contributed by atoms with Crippen LogP contribution >= 0.6 is 0 Å². The third-order valence-corrected chi connectivity index (χ3v) is 8.09. The lowest BCUT2D eigenvalue weighted by Crippen LogP contribution is -2.49. The van der Waals surface area contributed by atoms with E-state index in [1.165, 1.54) is 36.9 Å². The maximum absolute atomic E-state index is 13.1. The van der Waals surface area contributed by atoms with Gasteiger partial charge in [-0.3, -0.25) is 9.59 Å². The lowest BCUT2D eigenvalue weighted by Gasteiger charge is -2.47. The zero-order valence-electron chi connectivity index (χ0n) is 20.5. The van der Waals surface area contributed by atoms with Crippen LogP contribution in [0.1, 0.15) is 91.2 Å². The van der Waals surface area contributed by atoms with Gasteiger partial charge in [0.25, 0.3) is 0 Å². The van der Waals surface area contributed by atoms with E-state index in [0.29, 0.717) is 12.0 Å². The van der Waals surface area contributed by atoms with Crippen molar-refractivity contribution in [3.63, 3.8) is 0 Å². The van der Waals surface area contributed by atoms with E-state index in [1.54, 1.807) is 11.8 Å². The molecule has 1 spiro atoms. The van der Waals surface area contributed by atoms with Crippen molar-refractivity contribution in [1.29, 1.82) is 0 Å². The van der Waals surface area contributed by atoms with Gasteiger partial charge in [0.1, 0.15) is 6.04 Å². The molecule has 5 nitrogen and oxygen atoms in total. The summed E-state index contributed by atoms with van der Waals surface area (Å²) >= 11 is 0. The minimum absolute atomic E-state index is 0. The fourth-order valence-corrected chi connectivity index (χ4v) is 6.05. The number of nitrogens with zero attached hydrogens (tertiary/aromatic N) is 2. The number of fused-ring (bicyclic) bond motifs is 2. The minimum atomic E-state index is -0.304. The number of hydrogen-bond donors (Lipinski definition) is 1. The Morgan fingerprint density at radius 1 is 1.09 bits per heavy atom. The Hall–Kier alpha value is -1.88. The van der Waals surface area contributed by atoms with Crippen LogP contribution in [0.25, 0.3) is 0 Å². The summed E-state index contributed by atoms with van der Waals surface area (Å²) in [6.45, 7) is 12.8. The molecule has 1 aromatic rings. The molecule has 2 amide bonds. The van der Waals surface area contributed by atoms with E-state index in [-0.39, 0.29) is 30.7 Å². The van der Waals surface area contributed by atoms with Gasteiger partial charge in [-0.15, -0.1) is 0 Å². The Balaban J connectivity index is 0.00000306. The Kier molecular flexibility index (Phi) is 6.67. The van der Waals surface area contributed by atoms with Crippen LogP contribution in [0.15, 0.2) is 24.3 Å². The number of likely N-dealkylation sites (tertiary alicyclic amines) is 2. The van der Waals surface area contributed by atoms with Gasteiger partial charge in [0.2, 0.25) is 11.8 Å². The second-order valence-corrected chi connectivity index (χ2v) is 11.5. The molecule has 3 aliphatic rings. The number of nitrogens with one attached hydrogen (secondary N) is 1. The van der Waals surface area contributed by atoms with Crippen LogP contribution in [0.4, 0.5) is 0 Å². The van der Waals surface area contributed by atoms with E-state index in [0.717, 1.165) is 38.8 Å². The van der Waals surface area contributed by atoms with Crippen molar-refractivity contribution < 1.29 is 11.0 Å². The molecule has 1 aliphatic carbocycles. The van der Waals surface area contributed by atoms with Crippen LogP contribution in [0, 0.1) is 5.41 Å². The Labute approximate surface area is 195 Å². The Morgan fingerprint density at radius 3 is 2.50 bits per heavy atom. The van der Waals surface area contributed by atoms with E-state index < -0.39 is 0 Å². The summed E-state index contributed by atoms with van der Waals surface area (Å²) < 4.78 is 0. The summed E-state index contributed by atoms with van der Waals surface area (Å²) in [6, 6.07) is 8.53. The fraction of sp³-hybridized carbons (Fsp3) is 0.704. The third-order valence-electron chi connectivity index (χ3n) is 8.09. The van der Waals surface area contributed by atoms with Gasteiger partial charge in [-0.2, -0.15) is 0 Å². The lowest BCUT2D eigenvalue weighted by atomic mass is 9.63. The number of carbonyl (C=O) groups is 2. The zero-order chi connectivity index (χ0) is 22.9. The molecule has 2 saturated heterocycles. The van der Waals surface area contributed by atoms with E-state index in [9.17, 15) is 9.59 Å². The molecule has 2 heterocycles. The summed E-state index contributed by atoms with van der Waals surface area (Å²) in [4.78, 5) is 29.4.